The van der Waals surface area contributed by atoms with E-state index in [4.69, 9.17) is 19.3 Å². The number of methoxy groups -OCH3 is 1. The Morgan fingerprint density at radius 2 is 1.78 bits per heavy atom. The Morgan fingerprint density at radius 3 is 2.48 bits per heavy atom. The van der Waals surface area contributed by atoms with Crippen LogP contribution in [0.3, 0.4) is 0 Å². The number of carboxylic acid groups (broad SMARTS) is 1. The molecule has 2 aromatic rings. The highest BCUT2D eigenvalue weighted by atomic mass is 16.5. The summed E-state index contributed by atoms with van der Waals surface area (Å²) >= 11 is 0. The summed E-state index contributed by atoms with van der Waals surface area (Å²) in [5.74, 6) is 1.09. The van der Waals surface area contributed by atoms with E-state index in [0.29, 0.717) is 25.6 Å². The molecule has 0 saturated heterocycles. The van der Waals surface area contributed by atoms with Gasteiger partial charge in [-0.3, -0.25) is 0 Å². The van der Waals surface area contributed by atoms with Crippen molar-refractivity contribution < 1.29 is 24.1 Å². The number of rotatable bonds is 11. The Morgan fingerprint density at radius 1 is 1.04 bits per heavy atom. The van der Waals surface area contributed by atoms with Crippen molar-refractivity contribution in [2.75, 3.05) is 20.3 Å². The monoisotopic (exact) mass is 372 g/mol. The van der Waals surface area contributed by atoms with Crippen LogP contribution in [-0.4, -0.2) is 37.5 Å². The van der Waals surface area contributed by atoms with Crippen molar-refractivity contribution in [3.8, 4) is 11.5 Å². The molecule has 146 valence electrons. The van der Waals surface area contributed by atoms with Gasteiger partial charge in [0.25, 0.3) is 0 Å². The first-order valence-electron chi connectivity index (χ1n) is 9.20. The van der Waals surface area contributed by atoms with Crippen LogP contribution in [0.25, 0.3) is 0 Å². The maximum atomic E-state index is 11.1. The van der Waals surface area contributed by atoms with Crippen molar-refractivity contribution in [3.63, 3.8) is 0 Å². The van der Waals surface area contributed by atoms with Crippen molar-refractivity contribution in [3.05, 3.63) is 59.7 Å². The summed E-state index contributed by atoms with van der Waals surface area (Å²) in [5, 5.41) is 9.08. The van der Waals surface area contributed by atoms with Crippen molar-refractivity contribution in [2.24, 2.45) is 0 Å². The van der Waals surface area contributed by atoms with Crippen LogP contribution in [0.2, 0.25) is 0 Å². The lowest BCUT2D eigenvalue weighted by molar-refractivity contribution is -0.148. The first-order valence-corrected chi connectivity index (χ1v) is 9.20. The minimum absolute atomic E-state index is 0.304. The maximum Gasteiger partial charge on any atom is 0.333 e. The molecule has 0 aliphatic carbocycles. The van der Waals surface area contributed by atoms with Crippen molar-refractivity contribution >= 4 is 5.97 Å². The van der Waals surface area contributed by atoms with Crippen LogP contribution in [0.4, 0.5) is 0 Å². The number of aliphatic carboxylic acids is 1. The second kappa shape index (κ2) is 10.6. The summed E-state index contributed by atoms with van der Waals surface area (Å²) in [6, 6.07) is 15.5. The maximum absolute atomic E-state index is 11.1. The quantitative estimate of drug-likeness (QED) is 0.596. The average molecular weight is 372 g/mol. The van der Waals surface area contributed by atoms with Gasteiger partial charge < -0.3 is 19.3 Å². The Kier molecular flexibility index (Phi) is 8.14. The van der Waals surface area contributed by atoms with E-state index in [9.17, 15) is 4.79 Å². The van der Waals surface area contributed by atoms with Crippen LogP contribution < -0.4 is 9.47 Å². The van der Waals surface area contributed by atoms with Gasteiger partial charge in [0.15, 0.2) is 6.10 Å². The lowest BCUT2D eigenvalue weighted by Gasteiger charge is -2.14. The second-order valence-corrected chi connectivity index (χ2v) is 6.66. The smallest absolute Gasteiger partial charge is 0.333 e. The second-order valence-electron chi connectivity index (χ2n) is 6.66. The van der Waals surface area contributed by atoms with Crippen LogP contribution in [0, 0.1) is 0 Å². The summed E-state index contributed by atoms with van der Waals surface area (Å²) in [7, 11) is 1.40. The van der Waals surface area contributed by atoms with Crippen LogP contribution in [0.1, 0.15) is 37.3 Å². The molecule has 0 fully saturated rings. The van der Waals surface area contributed by atoms with E-state index in [1.54, 1.807) is 0 Å². The Labute approximate surface area is 160 Å². The Hall–Kier alpha value is -2.53. The van der Waals surface area contributed by atoms with E-state index >= 15 is 0 Å². The molecule has 0 saturated carbocycles. The molecule has 0 bridgehead atoms. The number of benzene rings is 2. The van der Waals surface area contributed by atoms with Crippen molar-refractivity contribution in [1.82, 2.24) is 0 Å². The van der Waals surface area contributed by atoms with Gasteiger partial charge in [-0.05, 0) is 35.2 Å². The van der Waals surface area contributed by atoms with Gasteiger partial charge in [-0.15, -0.1) is 0 Å². The fourth-order valence-electron chi connectivity index (χ4n) is 2.77. The van der Waals surface area contributed by atoms with Gasteiger partial charge in [0.2, 0.25) is 0 Å². The van der Waals surface area contributed by atoms with E-state index in [1.165, 1.54) is 12.7 Å². The van der Waals surface area contributed by atoms with Crippen molar-refractivity contribution in [1.29, 1.82) is 0 Å². The number of para-hydroxylation sites is 1. The first kappa shape index (κ1) is 20.8. The van der Waals surface area contributed by atoms with E-state index in [-0.39, 0.29) is 0 Å². The summed E-state index contributed by atoms with van der Waals surface area (Å²) in [4.78, 5) is 11.1. The molecule has 0 spiro atoms. The minimum atomic E-state index is -0.970. The molecule has 1 N–H and O–H groups in total. The highest BCUT2D eigenvalue weighted by Gasteiger charge is 2.17. The number of carboxylic acids is 1. The van der Waals surface area contributed by atoms with Gasteiger partial charge in [0.05, 0.1) is 13.2 Å². The zero-order valence-corrected chi connectivity index (χ0v) is 16.2. The molecule has 1 atom stereocenters. The van der Waals surface area contributed by atoms with Crippen molar-refractivity contribution in [2.45, 2.75) is 38.7 Å². The van der Waals surface area contributed by atoms with Crippen LogP contribution in [-0.2, 0) is 16.0 Å². The Bertz CT molecular complexity index is 726. The minimum Gasteiger partial charge on any atom is -0.493 e. The molecule has 0 aromatic heterocycles. The van der Waals surface area contributed by atoms with E-state index in [2.05, 4.69) is 19.9 Å². The molecule has 5 nitrogen and oxygen atoms in total. The molecular weight excluding hydrogens is 344 g/mol. The predicted octanol–water partition coefficient (Wildman–Crippen LogP) is 4.30. The Balaban J connectivity index is 1.79. The number of ether oxygens (including phenoxy) is 3. The third-order valence-electron chi connectivity index (χ3n) is 4.24. The third-order valence-corrected chi connectivity index (χ3v) is 4.24. The van der Waals surface area contributed by atoms with Crippen LogP contribution in [0.15, 0.2) is 48.5 Å². The van der Waals surface area contributed by atoms with E-state index in [0.717, 1.165) is 23.5 Å². The van der Waals surface area contributed by atoms with Crippen LogP contribution in [0.5, 0.6) is 11.5 Å². The van der Waals surface area contributed by atoms with Crippen LogP contribution >= 0.6 is 0 Å². The van der Waals surface area contributed by atoms with Gasteiger partial charge in [0, 0.05) is 20.0 Å². The molecule has 1 unspecified atom stereocenters. The van der Waals surface area contributed by atoms with Gasteiger partial charge in [-0.2, -0.15) is 0 Å². The van der Waals surface area contributed by atoms with Gasteiger partial charge in [0.1, 0.15) is 11.5 Å². The largest absolute Gasteiger partial charge is 0.493 e. The SMILES string of the molecule is COC(Cc1cccc(OCCCOc2ccccc2C(C)C)c1)C(=O)O. The molecule has 2 rings (SSSR count). The topological polar surface area (TPSA) is 65.0 Å². The normalized spacial score (nSPS) is 12.0. The zero-order chi connectivity index (χ0) is 19.6. The standard InChI is InChI=1S/C22H28O5/c1-16(2)19-10-4-5-11-20(19)27-13-7-12-26-18-9-6-8-17(14-18)15-21(25-3)22(23)24/h4-6,8-11,14,16,21H,7,12-13,15H2,1-3H3,(H,23,24). The summed E-state index contributed by atoms with van der Waals surface area (Å²) in [6.07, 6.45) is 0.208. The van der Waals surface area contributed by atoms with Gasteiger partial charge >= 0.3 is 5.97 Å². The fraction of sp³-hybridized carbons (Fsp3) is 0.409. The van der Waals surface area contributed by atoms with Gasteiger partial charge in [-0.25, -0.2) is 4.79 Å². The molecule has 0 aliphatic rings. The predicted molar refractivity (Wildman–Crippen MR) is 105 cm³/mol. The molecular formula is C22H28O5. The molecule has 0 aliphatic heterocycles. The number of carbonyl (C=O) groups is 1. The molecule has 27 heavy (non-hydrogen) atoms. The zero-order valence-electron chi connectivity index (χ0n) is 16.2. The molecule has 0 amide bonds. The summed E-state index contributed by atoms with van der Waals surface area (Å²) in [6.45, 7) is 5.40. The molecule has 0 heterocycles. The lowest BCUT2D eigenvalue weighted by Crippen LogP contribution is -2.24. The van der Waals surface area contributed by atoms with Gasteiger partial charge in [-0.1, -0.05) is 44.2 Å². The summed E-state index contributed by atoms with van der Waals surface area (Å²) in [5.41, 5.74) is 2.07. The summed E-state index contributed by atoms with van der Waals surface area (Å²) < 4.78 is 16.6. The fourth-order valence-corrected chi connectivity index (χ4v) is 2.77. The number of hydrogen-bond acceptors (Lipinski definition) is 4. The highest BCUT2D eigenvalue weighted by molar-refractivity contribution is 5.72. The number of hydrogen-bond donors (Lipinski definition) is 1. The third kappa shape index (κ3) is 6.61. The van der Waals surface area contributed by atoms with E-state index < -0.39 is 12.1 Å². The first-order chi connectivity index (χ1) is 13.0. The highest BCUT2D eigenvalue weighted by Crippen LogP contribution is 2.25. The average Bonchev–Trinajstić information content (AvgIpc) is 2.66. The lowest BCUT2D eigenvalue weighted by atomic mass is 10.0. The molecule has 5 heteroatoms. The van der Waals surface area contributed by atoms with E-state index in [1.807, 2.05) is 42.5 Å². The molecule has 2 aromatic carbocycles. The molecule has 0 radical (unpaired) electrons.